The fourth-order valence-electron chi connectivity index (χ4n) is 3.98. The van der Waals surface area contributed by atoms with Gasteiger partial charge in [-0.1, -0.05) is 47.5 Å². The number of ether oxygens (including phenoxy) is 2. The number of anilines is 3. The summed E-state index contributed by atoms with van der Waals surface area (Å²) >= 11 is 15.6. The van der Waals surface area contributed by atoms with E-state index < -0.39 is 0 Å². The minimum atomic E-state index is -0.371. The van der Waals surface area contributed by atoms with Crippen molar-refractivity contribution in [1.82, 2.24) is 10.4 Å². The molecule has 228 valence electrons. The molecular formula is C32H24Cl2IN5O4S. The van der Waals surface area contributed by atoms with Crippen molar-refractivity contribution in [3.8, 4) is 22.8 Å². The van der Waals surface area contributed by atoms with E-state index in [2.05, 4.69) is 48.7 Å². The van der Waals surface area contributed by atoms with Crippen LogP contribution in [0.5, 0.6) is 11.5 Å². The zero-order valence-electron chi connectivity index (χ0n) is 23.5. The Hall–Kier alpha value is -4.17. The highest BCUT2D eigenvalue weighted by Gasteiger charge is 2.14. The van der Waals surface area contributed by atoms with Gasteiger partial charge in [0, 0.05) is 27.2 Å². The second kappa shape index (κ2) is 15.2. The molecule has 0 atom stereocenters. The average molecular weight is 772 g/mol. The van der Waals surface area contributed by atoms with Crippen LogP contribution in [-0.4, -0.2) is 36.7 Å². The second-order valence-electron chi connectivity index (χ2n) is 9.30. The Morgan fingerprint density at radius 1 is 1.02 bits per heavy atom. The molecule has 5 aromatic rings. The number of methoxy groups -OCH3 is 1. The van der Waals surface area contributed by atoms with Crippen molar-refractivity contribution in [2.75, 3.05) is 24.4 Å². The molecule has 9 nitrogen and oxygen atoms in total. The predicted octanol–water partition coefficient (Wildman–Crippen LogP) is 8.26. The van der Waals surface area contributed by atoms with Crippen LogP contribution in [0.2, 0.25) is 10.0 Å². The number of benzene rings is 4. The van der Waals surface area contributed by atoms with Gasteiger partial charge in [-0.2, -0.15) is 5.10 Å². The number of halogens is 3. The quantitative estimate of drug-likeness (QED) is 0.0709. The van der Waals surface area contributed by atoms with E-state index in [1.165, 1.54) is 24.7 Å². The first-order valence-electron chi connectivity index (χ1n) is 13.3. The van der Waals surface area contributed by atoms with Crippen molar-refractivity contribution in [2.45, 2.75) is 0 Å². The van der Waals surface area contributed by atoms with Crippen LogP contribution >= 0.6 is 57.1 Å². The molecule has 0 aliphatic rings. The third-order valence-electron chi connectivity index (χ3n) is 6.17. The summed E-state index contributed by atoms with van der Waals surface area (Å²) in [7, 11) is 1.50. The lowest BCUT2D eigenvalue weighted by atomic mass is 10.1. The summed E-state index contributed by atoms with van der Waals surface area (Å²) in [5, 5.41) is 13.8. The van der Waals surface area contributed by atoms with Gasteiger partial charge in [0.15, 0.2) is 23.2 Å². The number of amides is 2. The van der Waals surface area contributed by atoms with Gasteiger partial charge < -0.3 is 20.1 Å². The van der Waals surface area contributed by atoms with E-state index in [0.717, 1.165) is 22.1 Å². The van der Waals surface area contributed by atoms with Gasteiger partial charge in [0.1, 0.15) is 0 Å². The first-order valence-corrected chi connectivity index (χ1v) is 16.0. The van der Waals surface area contributed by atoms with Crippen molar-refractivity contribution in [1.29, 1.82) is 0 Å². The summed E-state index contributed by atoms with van der Waals surface area (Å²) in [6.07, 6.45) is 1.50. The summed E-state index contributed by atoms with van der Waals surface area (Å²) < 4.78 is 11.9. The monoisotopic (exact) mass is 771 g/mol. The van der Waals surface area contributed by atoms with Gasteiger partial charge in [-0.15, -0.1) is 11.3 Å². The molecule has 0 radical (unpaired) electrons. The molecule has 45 heavy (non-hydrogen) atoms. The van der Waals surface area contributed by atoms with E-state index in [1.54, 1.807) is 48.5 Å². The molecule has 0 unspecified atom stereocenters. The molecule has 0 aliphatic carbocycles. The average Bonchev–Trinajstić information content (AvgIpc) is 3.51. The van der Waals surface area contributed by atoms with E-state index in [4.69, 9.17) is 32.7 Å². The maximum atomic E-state index is 12.7. The van der Waals surface area contributed by atoms with Crippen molar-refractivity contribution >= 4 is 91.7 Å². The Bertz CT molecular complexity index is 1850. The third-order valence-corrected chi connectivity index (χ3v) is 8.31. The van der Waals surface area contributed by atoms with Crippen LogP contribution < -0.4 is 25.5 Å². The number of carbonyl (C=O) groups excluding carboxylic acids is 2. The van der Waals surface area contributed by atoms with Crippen LogP contribution in [-0.2, 0) is 4.79 Å². The molecule has 0 saturated heterocycles. The number of aromatic nitrogens is 1. The van der Waals surface area contributed by atoms with Crippen molar-refractivity contribution in [2.24, 2.45) is 5.10 Å². The smallest absolute Gasteiger partial charge is 0.271 e. The normalized spacial score (nSPS) is 10.8. The lowest BCUT2D eigenvalue weighted by molar-refractivity contribution is -0.118. The van der Waals surface area contributed by atoms with Crippen molar-refractivity contribution < 1.29 is 19.1 Å². The third kappa shape index (κ3) is 8.72. The maximum Gasteiger partial charge on any atom is 0.271 e. The highest BCUT2D eigenvalue weighted by Crippen LogP contribution is 2.34. The summed E-state index contributed by atoms with van der Waals surface area (Å²) in [6.45, 7) is -0.246. The topological polar surface area (TPSA) is 114 Å². The van der Waals surface area contributed by atoms with Gasteiger partial charge in [-0.3, -0.25) is 9.59 Å². The van der Waals surface area contributed by atoms with Gasteiger partial charge in [0.25, 0.3) is 11.8 Å². The zero-order chi connectivity index (χ0) is 31.8. The minimum Gasteiger partial charge on any atom is -0.493 e. The minimum absolute atomic E-state index is 0.246. The number of nitrogens with zero attached hydrogens (tertiary/aromatic N) is 2. The van der Waals surface area contributed by atoms with Gasteiger partial charge in [-0.05, 0) is 88.8 Å². The van der Waals surface area contributed by atoms with Crippen molar-refractivity contribution in [3.63, 3.8) is 0 Å². The van der Waals surface area contributed by atoms with Gasteiger partial charge in [-0.25, -0.2) is 10.4 Å². The maximum absolute atomic E-state index is 12.7. The Morgan fingerprint density at radius 2 is 1.78 bits per heavy atom. The number of carbonyl (C=O) groups is 2. The summed E-state index contributed by atoms with van der Waals surface area (Å²) in [4.78, 5) is 29.7. The van der Waals surface area contributed by atoms with E-state index >= 15 is 0 Å². The molecule has 3 N–H and O–H groups in total. The molecule has 0 saturated carbocycles. The standard InChI is InChI=1S/C32H24Cl2IN5O4S/c1-43-28-15-19(14-25(35)30(28)44-17-29(41)38-26-5-3-2-4-24(26)34)16-36-40-31(42)21-8-6-20(7-9-21)27-18-45-32(39-27)37-23-12-10-22(33)11-13-23/h2-16,18H,17H2,1H3,(H,37,39)(H,38,41)(H,40,42)/b36-16-. The molecule has 0 bridgehead atoms. The predicted molar refractivity (Wildman–Crippen MR) is 189 cm³/mol. The molecular weight excluding hydrogens is 748 g/mol. The number of thiazole rings is 1. The van der Waals surface area contributed by atoms with Crippen LogP contribution in [0.3, 0.4) is 0 Å². The van der Waals surface area contributed by atoms with Gasteiger partial charge in [0.05, 0.1) is 33.3 Å². The van der Waals surface area contributed by atoms with E-state index in [-0.39, 0.29) is 18.4 Å². The summed E-state index contributed by atoms with van der Waals surface area (Å²) in [5.74, 6) is 0.0724. The number of hydrazone groups is 1. The molecule has 13 heteroatoms. The number of nitrogens with one attached hydrogen (secondary N) is 3. The Kier molecular flexibility index (Phi) is 10.9. The fourth-order valence-corrected chi connectivity index (χ4v) is 5.81. The van der Waals surface area contributed by atoms with E-state index in [9.17, 15) is 9.59 Å². The molecule has 1 aromatic heterocycles. The highest BCUT2D eigenvalue weighted by molar-refractivity contribution is 14.1. The molecule has 2 amide bonds. The first-order chi connectivity index (χ1) is 21.8. The SMILES string of the molecule is COc1cc(/C=N\NC(=O)c2ccc(-c3csc(Nc4ccc(Cl)cc4)n3)cc2)cc(I)c1OCC(=O)Nc1ccccc1Cl. The first kappa shape index (κ1) is 32.2. The highest BCUT2D eigenvalue weighted by atomic mass is 127. The lowest BCUT2D eigenvalue weighted by Crippen LogP contribution is -2.21. The summed E-state index contributed by atoms with van der Waals surface area (Å²) in [6, 6.07) is 24.9. The molecule has 0 fully saturated rings. The Morgan fingerprint density at radius 3 is 2.51 bits per heavy atom. The molecule has 0 aliphatic heterocycles. The Balaban J connectivity index is 1.16. The van der Waals surface area contributed by atoms with Crippen LogP contribution in [0, 0.1) is 3.57 Å². The van der Waals surface area contributed by atoms with Crippen LogP contribution in [0.15, 0.2) is 95.4 Å². The number of para-hydroxylation sites is 1. The van der Waals surface area contributed by atoms with E-state index in [0.29, 0.717) is 41.9 Å². The van der Waals surface area contributed by atoms with Crippen LogP contribution in [0.1, 0.15) is 15.9 Å². The summed E-state index contributed by atoms with van der Waals surface area (Å²) in [5.41, 5.74) is 6.69. The van der Waals surface area contributed by atoms with Crippen LogP contribution in [0.4, 0.5) is 16.5 Å². The largest absolute Gasteiger partial charge is 0.493 e. The van der Waals surface area contributed by atoms with Crippen molar-refractivity contribution in [3.05, 3.63) is 115 Å². The van der Waals surface area contributed by atoms with E-state index in [1.807, 2.05) is 41.8 Å². The Labute approximate surface area is 286 Å². The lowest BCUT2D eigenvalue weighted by Gasteiger charge is -2.14. The molecule has 5 rings (SSSR count). The molecule has 4 aromatic carbocycles. The van der Waals surface area contributed by atoms with Crippen LogP contribution in [0.25, 0.3) is 11.3 Å². The van der Waals surface area contributed by atoms with Gasteiger partial charge in [0.2, 0.25) is 0 Å². The second-order valence-corrected chi connectivity index (χ2v) is 12.2. The number of hydrogen-bond acceptors (Lipinski definition) is 8. The zero-order valence-corrected chi connectivity index (χ0v) is 28.0. The fraction of sp³-hybridized carbons (Fsp3) is 0.0625. The van der Waals surface area contributed by atoms with Gasteiger partial charge >= 0.3 is 0 Å². The number of hydrogen-bond donors (Lipinski definition) is 3. The molecule has 0 spiro atoms. The number of rotatable bonds is 11. The molecule has 1 heterocycles.